The topological polar surface area (TPSA) is 52.7 Å². The zero-order valence-electron chi connectivity index (χ0n) is 27.7. The van der Waals surface area contributed by atoms with E-state index in [-0.39, 0.29) is 5.69 Å². The van der Waals surface area contributed by atoms with Crippen LogP contribution in [0.4, 0.5) is 0 Å². The second-order valence-electron chi connectivity index (χ2n) is 12.8. The maximum atomic E-state index is 12.9. The SMILES string of the molecule is Cn1c(=O)n(C)c2cc(-c3cc(-c4cc(-c5ccccc5)nc(-c5ccccc5)n4)cc(-c4cc5ccccc5c5ccccc45)c3)ccc21. The lowest BCUT2D eigenvalue weighted by Crippen LogP contribution is -2.19. The number of aromatic nitrogens is 4. The first-order valence-electron chi connectivity index (χ1n) is 16.7. The van der Waals surface area contributed by atoms with E-state index in [1.165, 1.54) is 21.5 Å². The second kappa shape index (κ2) is 11.8. The zero-order chi connectivity index (χ0) is 33.8. The van der Waals surface area contributed by atoms with Crippen LogP contribution in [0, 0.1) is 0 Å². The number of hydrogen-bond acceptors (Lipinski definition) is 3. The number of aryl methyl sites for hydroxylation is 2. The minimum atomic E-state index is -0.0444. The van der Waals surface area contributed by atoms with Gasteiger partial charge in [0.1, 0.15) is 0 Å². The van der Waals surface area contributed by atoms with Crippen molar-refractivity contribution in [1.82, 2.24) is 19.1 Å². The lowest BCUT2D eigenvalue weighted by Gasteiger charge is -2.15. The molecular formula is C45H32N4O. The van der Waals surface area contributed by atoms with Gasteiger partial charge in [0.2, 0.25) is 0 Å². The van der Waals surface area contributed by atoms with E-state index in [1.807, 2.05) is 56.6 Å². The molecule has 7 aromatic carbocycles. The maximum absolute atomic E-state index is 12.9. The minimum absolute atomic E-state index is 0.0444. The molecule has 0 fully saturated rings. The number of nitrogens with zero attached hydrogens (tertiary/aromatic N) is 4. The predicted octanol–water partition coefficient (Wildman–Crippen LogP) is 10.3. The molecule has 0 radical (unpaired) electrons. The largest absolute Gasteiger partial charge is 0.328 e. The van der Waals surface area contributed by atoms with Crippen LogP contribution in [0.5, 0.6) is 0 Å². The highest BCUT2D eigenvalue weighted by molar-refractivity contribution is 6.14. The van der Waals surface area contributed by atoms with Gasteiger partial charge in [-0.15, -0.1) is 0 Å². The molecule has 0 saturated heterocycles. The Bertz CT molecular complexity index is 2740. The molecule has 0 aliphatic rings. The maximum Gasteiger partial charge on any atom is 0.328 e. The van der Waals surface area contributed by atoms with Crippen molar-refractivity contribution in [3.63, 3.8) is 0 Å². The summed E-state index contributed by atoms with van der Waals surface area (Å²) < 4.78 is 3.41. The van der Waals surface area contributed by atoms with E-state index in [0.29, 0.717) is 5.82 Å². The van der Waals surface area contributed by atoms with Crippen molar-refractivity contribution in [2.24, 2.45) is 14.1 Å². The molecule has 0 saturated carbocycles. The van der Waals surface area contributed by atoms with Gasteiger partial charge >= 0.3 is 5.69 Å². The summed E-state index contributed by atoms with van der Waals surface area (Å²) in [6.07, 6.45) is 0. The van der Waals surface area contributed by atoms with Crippen LogP contribution < -0.4 is 5.69 Å². The molecule has 2 aromatic heterocycles. The zero-order valence-corrected chi connectivity index (χ0v) is 27.7. The van der Waals surface area contributed by atoms with Crippen molar-refractivity contribution in [2.45, 2.75) is 0 Å². The predicted molar refractivity (Wildman–Crippen MR) is 206 cm³/mol. The highest BCUT2D eigenvalue weighted by atomic mass is 16.1. The third-order valence-electron chi connectivity index (χ3n) is 9.74. The average molecular weight is 645 g/mol. The van der Waals surface area contributed by atoms with Gasteiger partial charge in [0.25, 0.3) is 0 Å². The van der Waals surface area contributed by atoms with Crippen molar-refractivity contribution in [2.75, 3.05) is 0 Å². The van der Waals surface area contributed by atoms with Crippen LogP contribution in [0.3, 0.4) is 0 Å². The molecule has 0 atom stereocenters. The van der Waals surface area contributed by atoms with Crippen LogP contribution >= 0.6 is 0 Å². The fraction of sp³-hybridized carbons (Fsp3) is 0.0444. The van der Waals surface area contributed by atoms with Gasteiger partial charge < -0.3 is 0 Å². The van der Waals surface area contributed by atoms with Crippen molar-refractivity contribution in [1.29, 1.82) is 0 Å². The monoisotopic (exact) mass is 644 g/mol. The van der Waals surface area contributed by atoms with Crippen LogP contribution in [-0.4, -0.2) is 19.1 Å². The van der Waals surface area contributed by atoms with Gasteiger partial charge in [-0.1, -0.05) is 115 Å². The number of imidazole rings is 1. The molecule has 5 nitrogen and oxygen atoms in total. The fourth-order valence-corrected chi connectivity index (χ4v) is 7.15. The lowest BCUT2D eigenvalue weighted by molar-refractivity contribution is 0.795. The van der Waals surface area contributed by atoms with E-state index in [4.69, 9.17) is 9.97 Å². The van der Waals surface area contributed by atoms with Crippen molar-refractivity contribution in [3.8, 4) is 56.2 Å². The first-order chi connectivity index (χ1) is 24.5. The summed E-state index contributed by atoms with van der Waals surface area (Å²) in [7, 11) is 3.65. The molecule has 0 N–H and O–H groups in total. The smallest absolute Gasteiger partial charge is 0.295 e. The molecule has 0 aliphatic heterocycles. The third-order valence-corrected chi connectivity index (χ3v) is 9.74. The van der Waals surface area contributed by atoms with Gasteiger partial charge in [-0.2, -0.15) is 0 Å². The van der Waals surface area contributed by atoms with Crippen molar-refractivity contribution >= 4 is 32.6 Å². The second-order valence-corrected chi connectivity index (χ2v) is 12.8. The van der Waals surface area contributed by atoms with Gasteiger partial charge in [0, 0.05) is 30.8 Å². The minimum Gasteiger partial charge on any atom is -0.295 e. The van der Waals surface area contributed by atoms with Crippen LogP contribution in [0.25, 0.3) is 88.7 Å². The normalized spacial score (nSPS) is 11.5. The number of benzene rings is 7. The summed E-state index contributed by atoms with van der Waals surface area (Å²) in [5, 5.41) is 4.82. The molecule has 5 heteroatoms. The van der Waals surface area contributed by atoms with E-state index in [2.05, 4.69) is 115 Å². The Labute approximate surface area is 289 Å². The molecule has 0 amide bonds. The average Bonchev–Trinajstić information content (AvgIpc) is 3.40. The molecule has 2 heterocycles. The summed E-state index contributed by atoms with van der Waals surface area (Å²) in [6.45, 7) is 0. The Morgan fingerprint density at radius 1 is 0.420 bits per heavy atom. The lowest BCUT2D eigenvalue weighted by atomic mass is 9.90. The molecule has 9 rings (SSSR count). The van der Waals surface area contributed by atoms with Gasteiger partial charge in [0.15, 0.2) is 5.82 Å². The first-order valence-corrected chi connectivity index (χ1v) is 16.7. The Balaban J connectivity index is 1.34. The molecular weight excluding hydrogens is 613 g/mol. The number of fused-ring (bicyclic) bond motifs is 4. The van der Waals surface area contributed by atoms with Crippen LogP contribution in [0.15, 0.2) is 163 Å². The van der Waals surface area contributed by atoms with Gasteiger partial charge in [-0.05, 0) is 86.3 Å². The summed E-state index contributed by atoms with van der Waals surface area (Å²) in [4.78, 5) is 23.1. The Morgan fingerprint density at radius 2 is 1.00 bits per heavy atom. The van der Waals surface area contributed by atoms with Crippen LogP contribution in [0.1, 0.15) is 0 Å². The molecule has 9 aromatic rings. The highest BCUT2D eigenvalue weighted by Crippen LogP contribution is 2.40. The third kappa shape index (κ3) is 4.99. The fourth-order valence-electron chi connectivity index (χ4n) is 7.15. The summed E-state index contributed by atoms with van der Waals surface area (Å²) in [5.41, 5.74) is 10.7. The van der Waals surface area contributed by atoms with Gasteiger partial charge in [0.05, 0.1) is 22.4 Å². The Kier molecular flexibility index (Phi) is 6.99. The van der Waals surface area contributed by atoms with E-state index in [9.17, 15) is 4.79 Å². The van der Waals surface area contributed by atoms with Crippen molar-refractivity contribution < 1.29 is 0 Å². The molecule has 50 heavy (non-hydrogen) atoms. The van der Waals surface area contributed by atoms with Crippen LogP contribution in [-0.2, 0) is 14.1 Å². The van der Waals surface area contributed by atoms with E-state index < -0.39 is 0 Å². The van der Waals surface area contributed by atoms with E-state index in [0.717, 1.165) is 61.4 Å². The first kappa shape index (κ1) is 29.5. The van der Waals surface area contributed by atoms with E-state index in [1.54, 1.807) is 9.13 Å². The van der Waals surface area contributed by atoms with Gasteiger partial charge in [-0.25, -0.2) is 14.8 Å². The number of rotatable bonds is 5. The number of hydrogen-bond donors (Lipinski definition) is 0. The molecule has 0 aliphatic carbocycles. The van der Waals surface area contributed by atoms with E-state index >= 15 is 0 Å². The molecule has 0 unspecified atom stereocenters. The quantitative estimate of drug-likeness (QED) is 0.175. The van der Waals surface area contributed by atoms with Crippen molar-refractivity contribution in [3.05, 3.63) is 168 Å². The molecule has 0 spiro atoms. The summed E-state index contributed by atoms with van der Waals surface area (Å²) in [5.74, 6) is 0.672. The molecule has 0 bridgehead atoms. The van der Waals surface area contributed by atoms with Gasteiger partial charge in [-0.3, -0.25) is 9.13 Å². The summed E-state index contributed by atoms with van der Waals surface area (Å²) >= 11 is 0. The molecule has 238 valence electrons. The summed E-state index contributed by atoms with van der Waals surface area (Å²) in [6, 6.07) is 55.0. The Hall–Kier alpha value is -6.59. The van der Waals surface area contributed by atoms with Crippen LogP contribution in [0.2, 0.25) is 0 Å². The Morgan fingerprint density at radius 3 is 1.76 bits per heavy atom. The standard InChI is InChI=1S/C45H32N4O/c1-48-42-22-21-31(27-43(42)49(2)45(48)50)33-23-34(39-26-32-17-9-10-18-36(32)37-19-11-12-20-38(37)39)25-35(24-33)41-28-40(29-13-5-3-6-14-29)46-44(47-41)30-15-7-4-8-16-30/h3-28H,1-2H3. The highest BCUT2D eigenvalue weighted by Gasteiger charge is 2.16.